The topological polar surface area (TPSA) is 103 Å². The van der Waals surface area contributed by atoms with Crippen molar-refractivity contribution in [2.75, 3.05) is 11.4 Å². The van der Waals surface area contributed by atoms with E-state index in [0.29, 0.717) is 10.8 Å². The maximum atomic E-state index is 12.6. The molecular weight excluding hydrogens is 406 g/mol. The summed E-state index contributed by atoms with van der Waals surface area (Å²) in [6.07, 6.45) is 0.0223. The number of aryl methyl sites for hydroxylation is 1. The second-order valence-corrected chi connectivity index (χ2v) is 7.57. The van der Waals surface area contributed by atoms with Crippen LogP contribution in [0.3, 0.4) is 0 Å². The van der Waals surface area contributed by atoms with Gasteiger partial charge in [-0.25, -0.2) is 0 Å². The second kappa shape index (κ2) is 7.76. The Kier molecular flexibility index (Phi) is 5.13. The third kappa shape index (κ3) is 3.48. The number of phenolic OH excluding ortho intramolecular Hbond substituents is 2. The van der Waals surface area contributed by atoms with E-state index < -0.39 is 11.8 Å². The van der Waals surface area contributed by atoms with E-state index in [2.05, 4.69) is 10.2 Å². The molecule has 7 nitrogen and oxygen atoms in total. The van der Waals surface area contributed by atoms with E-state index in [-0.39, 0.29) is 41.1 Å². The molecule has 2 amide bonds. The Morgan fingerprint density at radius 1 is 1.10 bits per heavy atom. The lowest BCUT2D eigenvalue weighted by molar-refractivity contribution is -0.124. The summed E-state index contributed by atoms with van der Waals surface area (Å²) in [4.78, 5) is 26.5. The molecule has 1 saturated heterocycles. The van der Waals surface area contributed by atoms with Crippen LogP contribution in [-0.4, -0.2) is 28.6 Å². The highest BCUT2D eigenvalue weighted by Gasteiger charge is 2.35. The van der Waals surface area contributed by atoms with Crippen molar-refractivity contribution < 1.29 is 19.8 Å². The number of nitrogens with zero attached hydrogens (tertiary/aromatic N) is 3. The molecule has 8 heteroatoms. The Morgan fingerprint density at radius 2 is 1.80 bits per heavy atom. The second-order valence-electron chi connectivity index (χ2n) is 7.19. The first-order valence-corrected chi connectivity index (χ1v) is 9.69. The van der Waals surface area contributed by atoms with Crippen molar-refractivity contribution in [3.8, 4) is 11.5 Å². The molecule has 1 heterocycles. The summed E-state index contributed by atoms with van der Waals surface area (Å²) in [5, 5.41) is 28.7. The van der Waals surface area contributed by atoms with Crippen molar-refractivity contribution in [2.24, 2.45) is 16.1 Å². The van der Waals surface area contributed by atoms with Crippen LogP contribution >= 0.6 is 11.6 Å². The summed E-state index contributed by atoms with van der Waals surface area (Å²) < 4.78 is 0. The van der Waals surface area contributed by atoms with Gasteiger partial charge in [0.05, 0.1) is 5.92 Å². The summed E-state index contributed by atoms with van der Waals surface area (Å²) in [6, 6.07) is 14.0. The van der Waals surface area contributed by atoms with Gasteiger partial charge < -0.3 is 15.1 Å². The Balaban J connectivity index is 1.58. The molecule has 0 aromatic heterocycles. The molecule has 1 aliphatic heterocycles. The van der Waals surface area contributed by atoms with Gasteiger partial charge >= 0.3 is 0 Å². The first kappa shape index (κ1) is 19.8. The van der Waals surface area contributed by atoms with E-state index >= 15 is 0 Å². The van der Waals surface area contributed by atoms with Crippen molar-refractivity contribution in [1.82, 2.24) is 0 Å². The number of anilines is 1. The van der Waals surface area contributed by atoms with Gasteiger partial charge in [0, 0.05) is 29.4 Å². The number of rotatable bonds is 3. The zero-order valence-electron chi connectivity index (χ0n) is 16.0. The van der Waals surface area contributed by atoms with Gasteiger partial charge in [0.2, 0.25) is 5.91 Å². The monoisotopic (exact) mass is 423 g/mol. The van der Waals surface area contributed by atoms with Crippen LogP contribution in [0.15, 0.2) is 58.8 Å². The number of aromatic hydroxyl groups is 2. The van der Waals surface area contributed by atoms with Crippen molar-refractivity contribution in [1.29, 1.82) is 0 Å². The van der Waals surface area contributed by atoms with Crippen molar-refractivity contribution >= 4 is 45.6 Å². The fourth-order valence-electron chi connectivity index (χ4n) is 3.55. The maximum absolute atomic E-state index is 12.6. The van der Waals surface area contributed by atoms with Gasteiger partial charge in [-0.1, -0.05) is 48.0 Å². The largest absolute Gasteiger partial charge is 0.506 e. The van der Waals surface area contributed by atoms with Crippen LogP contribution in [0.5, 0.6) is 11.5 Å². The molecule has 3 aromatic carbocycles. The molecule has 0 radical (unpaired) electrons. The molecule has 4 rings (SSSR count). The number of hydrogen-bond donors (Lipinski definition) is 2. The lowest BCUT2D eigenvalue weighted by Crippen LogP contribution is -2.25. The Hall–Kier alpha value is -3.45. The molecule has 30 heavy (non-hydrogen) atoms. The molecule has 1 fully saturated rings. The van der Waals surface area contributed by atoms with Crippen LogP contribution in [0.2, 0.25) is 5.02 Å². The predicted octanol–water partition coefficient (Wildman–Crippen LogP) is 4.88. The predicted molar refractivity (Wildman–Crippen MR) is 113 cm³/mol. The zero-order valence-corrected chi connectivity index (χ0v) is 16.8. The minimum absolute atomic E-state index is 0.0223. The van der Waals surface area contributed by atoms with Gasteiger partial charge in [0.15, 0.2) is 11.4 Å². The summed E-state index contributed by atoms with van der Waals surface area (Å²) >= 11 is 6.12. The maximum Gasteiger partial charge on any atom is 0.270 e. The number of phenols is 2. The van der Waals surface area contributed by atoms with E-state index in [1.807, 2.05) is 31.2 Å². The van der Waals surface area contributed by atoms with Crippen molar-refractivity contribution in [3.63, 3.8) is 0 Å². The van der Waals surface area contributed by atoms with Crippen molar-refractivity contribution in [2.45, 2.75) is 13.3 Å². The smallest absolute Gasteiger partial charge is 0.270 e. The molecule has 3 aromatic rings. The van der Waals surface area contributed by atoms with E-state index in [1.54, 1.807) is 29.2 Å². The lowest BCUT2D eigenvalue weighted by Gasteiger charge is -2.16. The first-order chi connectivity index (χ1) is 14.4. The SMILES string of the molecule is Cc1cccc(N2CC(C(=O)N=Nc3c(Cl)c(O)c4ccccc4c3O)CC2=O)c1. The first-order valence-electron chi connectivity index (χ1n) is 9.31. The number of hydrogen-bond acceptors (Lipinski definition) is 5. The molecule has 152 valence electrons. The minimum atomic E-state index is -0.656. The molecule has 1 atom stereocenters. The van der Waals surface area contributed by atoms with Gasteiger partial charge in [-0.3, -0.25) is 9.59 Å². The fourth-order valence-corrected chi connectivity index (χ4v) is 3.78. The van der Waals surface area contributed by atoms with Crippen molar-refractivity contribution in [3.05, 3.63) is 59.1 Å². The van der Waals surface area contributed by atoms with Crippen LogP contribution in [0.25, 0.3) is 10.8 Å². The third-order valence-electron chi connectivity index (χ3n) is 5.11. The van der Waals surface area contributed by atoms with E-state index in [1.165, 1.54) is 0 Å². The van der Waals surface area contributed by atoms with Crippen LogP contribution < -0.4 is 4.90 Å². The zero-order chi connectivity index (χ0) is 21.4. The number of amides is 2. The standard InChI is InChI=1S/C22H18ClN3O4/c1-12-5-4-6-14(9-12)26-11-13(10-17(26)27)22(30)25-24-19-18(23)20(28)15-7-2-3-8-16(15)21(19)29/h2-9,13,28-29H,10-11H2,1H3. The Labute approximate surface area is 177 Å². The van der Waals surface area contributed by atoms with Gasteiger partial charge in [-0.15, -0.1) is 10.2 Å². The summed E-state index contributed by atoms with van der Waals surface area (Å²) in [5.74, 6) is -1.96. The molecular formula is C22H18ClN3O4. The highest BCUT2D eigenvalue weighted by atomic mass is 35.5. The normalized spacial score (nSPS) is 16.7. The molecule has 1 unspecified atom stereocenters. The number of azo groups is 1. The molecule has 0 aliphatic carbocycles. The molecule has 0 saturated carbocycles. The van der Waals surface area contributed by atoms with Gasteiger partial charge in [0.25, 0.3) is 5.91 Å². The Bertz CT molecular complexity index is 1210. The van der Waals surface area contributed by atoms with Crippen LogP contribution in [0, 0.1) is 12.8 Å². The third-order valence-corrected chi connectivity index (χ3v) is 5.47. The quantitative estimate of drug-likeness (QED) is 0.463. The van der Waals surface area contributed by atoms with E-state index in [4.69, 9.17) is 11.6 Å². The van der Waals surface area contributed by atoms with Gasteiger partial charge in [-0.2, -0.15) is 0 Å². The number of carbonyl (C=O) groups is 2. The summed E-state index contributed by atoms with van der Waals surface area (Å²) in [6.45, 7) is 2.12. The fraction of sp³-hybridized carbons (Fsp3) is 0.182. The van der Waals surface area contributed by atoms with Gasteiger partial charge in [-0.05, 0) is 24.6 Å². The molecule has 2 N–H and O–H groups in total. The summed E-state index contributed by atoms with van der Waals surface area (Å²) in [7, 11) is 0. The lowest BCUT2D eigenvalue weighted by atomic mass is 10.1. The molecule has 0 bridgehead atoms. The number of halogens is 1. The van der Waals surface area contributed by atoms with E-state index in [9.17, 15) is 19.8 Å². The summed E-state index contributed by atoms with van der Waals surface area (Å²) in [5.41, 5.74) is 1.55. The number of benzene rings is 3. The average Bonchev–Trinajstić information content (AvgIpc) is 3.14. The minimum Gasteiger partial charge on any atom is -0.506 e. The van der Waals surface area contributed by atoms with Crippen LogP contribution in [0.1, 0.15) is 12.0 Å². The highest BCUT2D eigenvalue weighted by molar-refractivity contribution is 6.36. The van der Waals surface area contributed by atoms with Gasteiger partial charge in [0.1, 0.15) is 10.8 Å². The average molecular weight is 424 g/mol. The van der Waals surface area contributed by atoms with Crippen LogP contribution in [0.4, 0.5) is 11.4 Å². The Morgan fingerprint density at radius 3 is 2.50 bits per heavy atom. The molecule has 1 aliphatic rings. The van der Waals surface area contributed by atoms with E-state index in [0.717, 1.165) is 11.3 Å². The van der Waals surface area contributed by atoms with Crippen LogP contribution in [-0.2, 0) is 9.59 Å². The highest BCUT2D eigenvalue weighted by Crippen LogP contribution is 2.47. The number of fused-ring (bicyclic) bond motifs is 1. The molecule has 0 spiro atoms. The number of carbonyl (C=O) groups excluding carboxylic acids is 2.